The third-order valence-corrected chi connectivity index (χ3v) is 3.49. The highest BCUT2D eigenvalue weighted by molar-refractivity contribution is 5.85. The van der Waals surface area contributed by atoms with Gasteiger partial charge in [0, 0.05) is 13.7 Å². The Balaban J connectivity index is 0.00000220. The van der Waals surface area contributed by atoms with E-state index in [1.807, 2.05) is 30.3 Å². The van der Waals surface area contributed by atoms with Crippen molar-refractivity contribution in [3.63, 3.8) is 0 Å². The van der Waals surface area contributed by atoms with Crippen LogP contribution in [-0.4, -0.2) is 44.9 Å². The molecule has 1 atom stereocenters. The van der Waals surface area contributed by atoms with Crippen LogP contribution >= 0.6 is 12.4 Å². The summed E-state index contributed by atoms with van der Waals surface area (Å²) in [6.07, 6.45) is 2.13. The molecule has 1 aromatic rings. The van der Waals surface area contributed by atoms with Crippen LogP contribution in [0.4, 0.5) is 0 Å². The average molecular weight is 315 g/mol. The minimum Gasteiger partial charge on any atom is -0.484 e. The van der Waals surface area contributed by atoms with E-state index >= 15 is 0 Å². The lowest BCUT2D eigenvalue weighted by Crippen LogP contribution is -2.53. The van der Waals surface area contributed by atoms with Crippen molar-refractivity contribution in [2.75, 3.05) is 33.4 Å². The second-order valence-electron chi connectivity index (χ2n) is 5.12. The number of carbonyl (C=O) groups is 1. The summed E-state index contributed by atoms with van der Waals surface area (Å²) in [5.41, 5.74) is -0.128. The van der Waals surface area contributed by atoms with E-state index in [1.165, 1.54) is 0 Å². The molecule has 1 aromatic carbocycles. The maximum Gasteiger partial charge on any atom is 0.258 e. The molecule has 1 unspecified atom stereocenters. The first kappa shape index (κ1) is 17.8. The molecule has 5 nitrogen and oxygen atoms in total. The van der Waals surface area contributed by atoms with Crippen molar-refractivity contribution < 1.29 is 14.3 Å². The van der Waals surface area contributed by atoms with E-state index in [4.69, 9.17) is 9.47 Å². The van der Waals surface area contributed by atoms with Crippen molar-refractivity contribution in [3.05, 3.63) is 30.3 Å². The second kappa shape index (κ2) is 8.87. The number of nitrogens with one attached hydrogen (secondary N) is 2. The van der Waals surface area contributed by atoms with E-state index in [0.29, 0.717) is 18.9 Å². The first-order chi connectivity index (χ1) is 9.74. The summed E-state index contributed by atoms with van der Waals surface area (Å²) in [6.45, 7) is 2.18. The number of rotatable bonds is 7. The number of ether oxygens (including phenoxy) is 2. The van der Waals surface area contributed by atoms with Crippen LogP contribution in [0.1, 0.15) is 12.8 Å². The molecule has 0 bridgehead atoms. The van der Waals surface area contributed by atoms with Gasteiger partial charge in [0.15, 0.2) is 6.61 Å². The van der Waals surface area contributed by atoms with Crippen molar-refractivity contribution in [3.8, 4) is 5.75 Å². The number of hydrogen-bond acceptors (Lipinski definition) is 4. The SMILES string of the molecule is COCC1(CNC(=O)COc2ccccc2)CCCN1.Cl. The Morgan fingerprint density at radius 1 is 1.38 bits per heavy atom. The molecule has 2 N–H and O–H groups in total. The number of carbonyl (C=O) groups excluding carboxylic acids is 1. The molecule has 2 rings (SSSR count). The van der Waals surface area contributed by atoms with E-state index in [-0.39, 0.29) is 30.5 Å². The van der Waals surface area contributed by atoms with E-state index in [9.17, 15) is 4.79 Å². The Bertz CT molecular complexity index is 422. The van der Waals surface area contributed by atoms with Crippen molar-refractivity contribution in [1.29, 1.82) is 0 Å². The van der Waals surface area contributed by atoms with Gasteiger partial charge in [-0.1, -0.05) is 18.2 Å². The smallest absolute Gasteiger partial charge is 0.258 e. The molecular weight excluding hydrogens is 292 g/mol. The van der Waals surface area contributed by atoms with E-state index in [2.05, 4.69) is 10.6 Å². The van der Waals surface area contributed by atoms with Crippen LogP contribution in [0.5, 0.6) is 5.75 Å². The van der Waals surface area contributed by atoms with Gasteiger partial charge in [0.1, 0.15) is 5.75 Å². The van der Waals surface area contributed by atoms with Gasteiger partial charge in [-0.2, -0.15) is 0 Å². The Hall–Kier alpha value is -1.30. The largest absolute Gasteiger partial charge is 0.484 e. The molecule has 1 aliphatic rings. The number of para-hydroxylation sites is 1. The second-order valence-corrected chi connectivity index (χ2v) is 5.12. The molecule has 0 aromatic heterocycles. The summed E-state index contributed by atoms with van der Waals surface area (Å²) in [5, 5.41) is 6.33. The zero-order valence-electron chi connectivity index (χ0n) is 12.3. The molecule has 0 saturated carbocycles. The van der Waals surface area contributed by atoms with Crippen molar-refractivity contribution in [2.24, 2.45) is 0 Å². The summed E-state index contributed by atoms with van der Waals surface area (Å²) >= 11 is 0. The highest BCUT2D eigenvalue weighted by Gasteiger charge is 2.33. The topological polar surface area (TPSA) is 59.6 Å². The van der Waals surface area contributed by atoms with Gasteiger partial charge in [0.05, 0.1) is 12.1 Å². The Morgan fingerprint density at radius 3 is 2.76 bits per heavy atom. The van der Waals surface area contributed by atoms with Crippen LogP contribution in [0.15, 0.2) is 30.3 Å². The number of benzene rings is 1. The van der Waals surface area contributed by atoms with E-state index in [0.717, 1.165) is 19.4 Å². The fraction of sp³-hybridized carbons (Fsp3) is 0.533. The van der Waals surface area contributed by atoms with Crippen LogP contribution < -0.4 is 15.4 Å². The molecule has 118 valence electrons. The molecule has 0 radical (unpaired) electrons. The van der Waals surface area contributed by atoms with Crippen molar-refractivity contribution >= 4 is 18.3 Å². The van der Waals surface area contributed by atoms with Crippen molar-refractivity contribution in [2.45, 2.75) is 18.4 Å². The van der Waals surface area contributed by atoms with Gasteiger partial charge < -0.3 is 20.1 Å². The average Bonchev–Trinajstić information content (AvgIpc) is 2.93. The van der Waals surface area contributed by atoms with Gasteiger partial charge in [0.25, 0.3) is 5.91 Å². The summed E-state index contributed by atoms with van der Waals surface area (Å²) in [6, 6.07) is 9.33. The van der Waals surface area contributed by atoms with Crippen LogP contribution in [0.25, 0.3) is 0 Å². The normalized spacial score (nSPS) is 20.6. The lowest BCUT2D eigenvalue weighted by Gasteiger charge is -2.28. The highest BCUT2D eigenvalue weighted by Crippen LogP contribution is 2.18. The van der Waals surface area contributed by atoms with Crippen LogP contribution in [0.3, 0.4) is 0 Å². The standard InChI is InChI=1S/C15H22N2O3.ClH/c1-19-12-15(8-5-9-17-15)11-16-14(18)10-20-13-6-3-2-4-7-13;/h2-4,6-7,17H,5,8-12H2,1H3,(H,16,18);1H. The maximum atomic E-state index is 11.8. The molecule has 1 saturated heterocycles. The first-order valence-electron chi connectivity index (χ1n) is 6.93. The Kier molecular flexibility index (Phi) is 7.50. The van der Waals surface area contributed by atoms with Gasteiger partial charge in [-0.3, -0.25) is 4.79 Å². The minimum absolute atomic E-state index is 0. The predicted molar refractivity (Wildman–Crippen MR) is 84.0 cm³/mol. The number of halogens is 1. The van der Waals surface area contributed by atoms with Gasteiger partial charge in [-0.15, -0.1) is 12.4 Å². The highest BCUT2D eigenvalue weighted by atomic mass is 35.5. The van der Waals surface area contributed by atoms with Crippen molar-refractivity contribution in [1.82, 2.24) is 10.6 Å². The lowest BCUT2D eigenvalue weighted by atomic mass is 9.99. The van der Waals surface area contributed by atoms with Gasteiger partial charge in [-0.05, 0) is 31.5 Å². The summed E-state index contributed by atoms with van der Waals surface area (Å²) in [5.74, 6) is 0.589. The number of amides is 1. The third kappa shape index (κ3) is 5.53. The first-order valence-corrected chi connectivity index (χ1v) is 6.93. The molecule has 0 aliphatic carbocycles. The van der Waals surface area contributed by atoms with Gasteiger partial charge >= 0.3 is 0 Å². The summed E-state index contributed by atoms with van der Waals surface area (Å²) in [7, 11) is 1.68. The fourth-order valence-corrected chi connectivity index (χ4v) is 2.45. The fourth-order valence-electron chi connectivity index (χ4n) is 2.45. The van der Waals surface area contributed by atoms with Crippen LogP contribution in [-0.2, 0) is 9.53 Å². The minimum atomic E-state index is -0.128. The molecule has 1 aliphatic heterocycles. The predicted octanol–water partition coefficient (Wildman–Crippen LogP) is 1.37. The zero-order valence-corrected chi connectivity index (χ0v) is 13.1. The molecule has 1 heterocycles. The maximum absolute atomic E-state index is 11.8. The zero-order chi connectivity index (χ0) is 14.3. The van der Waals surface area contributed by atoms with Gasteiger partial charge in [0.2, 0.25) is 0 Å². The third-order valence-electron chi connectivity index (χ3n) is 3.49. The molecule has 1 fully saturated rings. The quantitative estimate of drug-likeness (QED) is 0.798. The number of hydrogen-bond donors (Lipinski definition) is 2. The number of methoxy groups -OCH3 is 1. The summed E-state index contributed by atoms with van der Waals surface area (Å²) in [4.78, 5) is 11.8. The van der Waals surface area contributed by atoms with E-state index < -0.39 is 0 Å². The van der Waals surface area contributed by atoms with Gasteiger partial charge in [-0.25, -0.2) is 0 Å². The molecule has 21 heavy (non-hydrogen) atoms. The lowest BCUT2D eigenvalue weighted by molar-refractivity contribution is -0.123. The van der Waals surface area contributed by atoms with Crippen LogP contribution in [0, 0.1) is 0 Å². The molecule has 1 amide bonds. The molecule has 6 heteroatoms. The monoisotopic (exact) mass is 314 g/mol. The van der Waals surface area contributed by atoms with Crippen LogP contribution in [0.2, 0.25) is 0 Å². The molecule has 0 spiro atoms. The van der Waals surface area contributed by atoms with E-state index in [1.54, 1.807) is 7.11 Å². The Labute approximate surface area is 131 Å². The Morgan fingerprint density at radius 2 is 2.14 bits per heavy atom. The summed E-state index contributed by atoms with van der Waals surface area (Å²) < 4.78 is 10.7. The molecular formula is C15H23ClN2O3.